The Morgan fingerprint density at radius 3 is 2.50 bits per heavy atom. The summed E-state index contributed by atoms with van der Waals surface area (Å²) >= 11 is 0. The van der Waals surface area contributed by atoms with Crippen LogP contribution < -0.4 is 10.1 Å². The third-order valence-electron chi connectivity index (χ3n) is 8.24. The van der Waals surface area contributed by atoms with Gasteiger partial charge < -0.3 is 19.7 Å². The average Bonchev–Trinajstić information content (AvgIpc) is 2.90. The molecule has 2 aliphatic rings. The molecule has 4 rings (SSSR count). The molecule has 2 fully saturated rings. The Morgan fingerprint density at radius 1 is 1.03 bits per heavy atom. The van der Waals surface area contributed by atoms with Crippen LogP contribution in [-0.4, -0.2) is 73.9 Å². The molecule has 1 unspecified atom stereocenters. The number of hydrogen-bond acceptors (Lipinski definition) is 5. The topological polar surface area (TPSA) is 37.0 Å². The largest absolute Gasteiger partial charge is 0.486 e. The van der Waals surface area contributed by atoms with Crippen LogP contribution in [0.1, 0.15) is 63.7 Å². The Bertz CT molecular complexity index is 926. The van der Waals surface area contributed by atoms with Crippen LogP contribution in [0.3, 0.4) is 0 Å². The van der Waals surface area contributed by atoms with E-state index < -0.39 is 0 Å². The van der Waals surface area contributed by atoms with Gasteiger partial charge in [0.15, 0.2) is 0 Å². The van der Waals surface area contributed by atoms with Crippen LogP contribution in [0.2, 0.25) is 0 Å². The molecule has 0 aromatic heterocycles. The molecule has 5 nitrogen and oxygen atoms in total. The number of nitrogens with one attached hydrogen (secondary N) is 1. The summed E-state index contributed by atoms with van der Waals surface area (Å²) in [5, 5.41) is 3.26. The molecule has 2 heterocycles. The third kappa shape index (κ3) is 7.10. The second-order valence-corrected chi connectivity index (χ2v) is 11.2. The molecule has 2 aromatic carbocycles. The first-order valence-electron chi connectivity index (χ1n) is 14.0. The van der Waals surface area contributed by atoms with Crippen LogP contribution in [0, 0.1) is 0 Å². The minimum atomic E-state index is -0.00888. The average molecular weight is 494 g/mol. The Balaban J connectivity index is 1.30. The lowest BCUT2D eigenvalue weighted by Gasteiger charge is -2.53. The van der Waals surface area contributed by atoms with E-state index in [1.807, 2.05) is 7.05 Å². The third-order valence-corrected chi connectivity index (χ3v) is 8.24. The van der Waals surface area contributed by atoms with Gasteiger partial charge in [-0.1, -0.05) is 49.4 Å². The molecule has 2 aromatic rings. The zero-order valence-electron chi connectivity index (χ0n) is 23.0. The van der Waals surface area contributed by atoms with E-state index in [1.165, 1.54) is 17.5 Å². The fourth-order valence-electron chi connectivity index (χ4n) is 6.15. The van der Waals surface area contributed by atoms with Crippen LogP contribution in [-0.2, 0) is 11.2 Å². The Kier molecular flexibility index (Phi) is 9.46. The number of ether oxygens (including phenoxy) is 2. The summed E-state index contributed by atoms with van der Waals surface area (Å²) in [6.07, 6.45) is 5.58. The molecular weight excluding hydrogens is 446 g/mol. The van der Waals surface area contributed by atoms with Crippen LogP contribution in [0.5, 0.6) is 5.75 Å². The molecule has 0 radical (unpaired) electrons. The summed E-state index contributed by atoms with van der Waals surface area (Å²) in [4.78, 5) is 5.41. The molecule has 0 amide bonds. The maximum absolute atomic E-state index is 6.49. The molecule has 5 heteroatoms. The lowest BCUT2D eigenvalue weighted by molar-refractivity contribution is -0.128. The SMILES string of the molecule is CCC1(N2CCN(CCc3cccc(O[C@H](CCNC)c4ccccc4)c3)CC2)CCOC(C)(C)C1. The van der Waals surface area contributed by atoms with Gasteiger partial charge in [0.2, 0.25) is 0 Å². The van der Waals surface area contributed by atoms with Crippen molar-refractivity contribution >= 4 is 0 Å². The maximum atomic E-state index is 6.49. The van der Waals surface area contributed by atoms with Crippen molar-refractivity contribution in [3.05, 3.63) is 65.7 Å². The van der Waals surface area contributed by atoms with Crippen molar-refractivity contribution in [2.45, 2.75) is 70.1 Å². The van der Waals surface area contributed by atoms with Gasteiger partial charge in [-0.2, -0.15) is 0 Å². The normalized spacial score (nSPS) is 23.9. The lowest BCUT2D eigenvalue weighted by atomic mass is 9.77. The van der Waals surface area contributed by atoms with E-state index in [4.69, 9.17) is 9.47 Å². The van der Waals surface area contributed by atoms with E-state index in [-0.39, 0.29) is 11.7 Å². The zero-order chi connectivity index (χ0) is 25.4. The van der Waals surface area contributed by atoms with Crippen LogP contribution >= 0.6 is 0 Å². The molecule has 36 heavy (non-hydrogen) atoms. The van der Waals surface area contributed by atoms with E-state index in [0.29, 0.717) is 5.54 Å². The summed E-state index contributed by atoms with van der Waals surface area (Å²) in [7, 11) is 1.99. The van der Waals surface area contributed by atoms with Gasteiger partial charge in [0.25, 0.3) is 0 Å². The van der Waals surface area contributed by atoms with E-state index in [0.717, 1.165) is 77.3 Å². The van der Waals surface area contributed by atoms with Crippen molar-refractivity contribution in [2.75, 3.05) is 52.9 Å². The minimum Gasteiger partial charge on any atom is -0.486 e. The number of rotatable bonds is 11. The molecule has 1 N–H and O–H groups in total. The second-order valence-electron chi connectivity index (χ2n) is 11.2. The van der Waals surface area contributed by atoms with Gasteiger partial charge in [0.1, 0.15) is 11.9 Å². The summed E-state index contributed by atoms with van der Waals surface area (Å²) in [5.41, 5.74) is 2.88. The van der Waals surface area contributed by atoms with Crippen molar-refractivity contribution < 1.29 is 9.47 Å². The molecule has 2 atom stereocenters. The highest BCUT2D eigenvalue weighted by atomic mass is 16.5. The lowest BCUT2D eigenvalue weighted by Crippen LogP contribution is -2.61. The Labute approximate surface area is 219 Å². The summed E-state index contributed by atoms with van der Waals surface area (Å²) in [6.45, 7) is 14.4. The predicted molar refractivity (Wildman–Crippen MR) is 149 cm³/mol. The molecule has 0 bridgehead atoms. The van der Waals surface area contributed by atoms with Gasteiger partial charge in [-0.3, -0.25) is 4.90 Å². The highest BCUT2D eigenvalue weighted by Gasteiger charge is 2.44. The van der Waals surface area contributed by atoms with Gasteiger partial charge in [-0.05, 0) is 76.4 Å². The quantitative estimate of drug-likeness (QED) is 0.459. The van der Waals surface area contributed by atoms with Crippen LogP contribution in [0.25, 0.3) is 0 Å². The van der Waals surface area contributed by atoms with Crippen molar-refractivity contribution in [3.8, 4) is 5.75 Å². The van der Waals surface area contributed by atoms with E-state index in [2.05, 4.69) is 90.5 Å². The molecule has 0 spiro atoms. The first-order chi connectivity index (χ1) is 17.4. The van der Waals surface area contributed by atoms with Gasteiger partial charge >= 0.3 is 0 Å². The number of benzene rings is 2. The summed E-state index contributed by atoms with van der Waals surface area (Å²) in [5.74, 6) is 0.967. The molecule has 2 saturated heterocycles. The van der Waals surface area contributed by atoms with Crippen molar-refractivity contribution in [1.82, 2.24) is 15.1 Å². The van der Waals surface area contributed by atoms with Crippen molar-refractivity contribution in [1.29, 1.82) is 0 Å². The number of nitrogens with zero attached hydrogens (tertiary/aromatic N) is 2. The smallest absolute Gasteiger partial charge is 0.125 e. The first kappa shape index (κ1) is 27.1. The van der Waals surface area contributed by atoms with Gasteiger partial charge in [-0.15, -0.1) is 0 Å². The zero-order valence-corrected chi connectivity index (χ0v) is 23.0. The second kappa shape index (κ2) is 12.6. The molecule has 0 saturated carbocycles. The fourth-order valence-corrected chi connectivity index (χ4v) is 6.15. The summed E-state index contributed by atoms with van der Waals surface area (Å²) in [6, 6.07) is 19.3. The van der Waals surface area contributed by atoms with Crippen LogP contribution in [0.15, 0.2) is 54.6 Å². The number of hydrogen-bond donors (Lipinski definition) is 1. The highest BCUT2D eigenvalue weighted by Crippen LogP contribution is 2.39. The molecule has 2 aliphatic heterocycles. The molecule has 0 aliphatic carbocycles. The summed E-state index contributed by atoms with van der Waals surface area (Å²) < 4.78 is 12.5. The Hall–Kier alpha value is -1.92. The monoisotopic (exact) mass is 493 g/mol. The standard InChI is InChI=1S/C31H47N3O2/c1-5-31(16-23-35-30(2,3)25-31)34-21-19-33(20-22-34)18-15-26-10-9-13-28(24-26)36-29(14-17-32-4)27-11-7-6-8-12-27/h6-13,24,29,32H,5,14-23,25H2,1-4H3/t29-,31?/m1/s1. The molecule has 198 valence electrons. The van der Waals surface area contributed by atoms with Gasteiger partial charge in [-0.25, -0.2) is 0 Å². The first-order valence-corrected chi connectivity index (χ1v) is 14.0. The molecular formula is C31H47N3O2. The minimum absolute atomic E-state index is 0.00888. The van der Waals surface area contributed by atoms with Gasteiger partial charge in [0, 0.05) is 51.3 Å². The van der Waals surface area contributed by atoms with Crippen LogP contribution in [0.4, 0.5) is 0 Å². The van der Waals surface area contributed by atoms with Gasteiger partial charge in [0.05, 0.1) is 5.60 Å². The van der Waals surface area contributed by atoms with Crippen molar-refractivity contribution in [2.24, 2.45) is 0 Å². The predicted octanol–water partition coefficient (Wildman–Crippen LogP) is 5.31. The Morgan fingerprint density at radius 2 is 1.81 bits per heavy atom. The van der Waals surface area contributed by atoms with E-state index >= 15 is 0 Å². The number of piperazine rings is 1. The maximum Gasteiger partial charge on any atom is 0.125 e. The van der Waals surface area contributed by atoms with Crippen molar-refractivity contribution in [3.63, 3.8) is 0 Å². The highest BCUT2D eigenvalue weighted by molar-refractivity contribution is 5.30. The van der Waals surface area contributed by atoms with E-state index in [9.17, 15) is 0 Å². The fraction of sp³-hybridized carbons (Fsp3) is 0.613. The van der Waals surface area contributed by atoms with E-state index in [1.54, 1.807) is 0 Å².